The number of rotatable bonds is 6. The minimum atomic E-state index is 0.468. The van der Waals surface area contributed by atoms with Crippen LogP contribution in [0.15, 0.2) is 24.8 Å². The molecule has 1 aliphatic rings. The second kappa shape index (κ2) is 7.64. The second-order valence-electron chi connectivity index (χ2n) is 6.75. The summed E-state index contributed by atoms with van der Waals surface area (Å²) in [6.45, 7) is 5.31. The van der Waals surface area contributed by atoms with E-state index in [1.807, 2.05) is 37.6 Å². The van der Waals surface area contributed by atoms with Crippen molar-refractivity contribution in [1.82, 2.24) is 19.5 Å². The average molecular weight is 328 g/mol. The maximum Gasteiger partial charge on any atom is 0.149 e. The fourth-order valence-corrected chi connectivity index (χ4v) is 3.31. The van der Waals surface area contributed by atoms with E-state index in [-0.39, 0.29) is 0 Å². The third-order valence-corrected chi connectivity index (χ3v) is 4.68. The van der Waals surface area contributed by atoms with Crippen LogP contribution in [0.2, 0.25) is 0 Å². The molecule has 0 radical (unpaired) electrons. The van der Waals surface area contributed by atoms with Crippen molar-refractivity contribution < 1.29 is 0 Å². The number of nitrogens with zero attached hydrogens (tertiary/aromatic N) is 6. The maximum atomic E-state index is 4.75. The van der Waals surface area contributed by atoms with Crippen molar-refractivity contribution in [2.24, 2.45) is 0 Å². The number of aromatic nitrogens is 4. The van der Waals surface area contributed by atoms with Crippen LogP contribution in [0, 0.1) is 0 Å². The Morgan fingerprint density at radius 3 is 2.96 bits per heavy atom. The molecule has 2 aromatic heterocycles. The fraction of sp³-hybridized carbons (Fsp3) is 0.611. The van der Waals surface area contributed by atoms with Crippen LogP contribution >= 0.6 is 0 Å². The molecule has 130 valence electrons. The summed E-state index contributed by atoms with van der Waals surface area (Å²) in [5, 5.41) is 0. The SMILES string of the molecule is CCCCn1ccnc1[C@@H]1CCCN(c2cncc(N(C)C)n2)C1. The first kappa shape index (κ1) is 16.7. The Bertz CT molecular complexity index is 650. The Morgan fingerprint density at radius 1 is 1.29 bits per heavy atom. The molecule has 1 aliphatic heterocycles. The molecule has 6 heteroatoms. The van der Waals surface area contributed by atoms with E-state index in [4.69, 9.17) is 4.98 Å². The average Bonchev–Trinajstić information content (AvgIpc) is 3.08. The highest BCUT2D eigenvalue weighted by Gasteiger charge is 2.25. The van der Waals surface area contributed by atoms with Gasteiger partial charge in [0.05, 0.1) is 12.4 Å². The third kappa shape index (κ3) is 3.68. The van der Waals surface area contributed by atoms with E-state index in [2.05, 4.69) is 32.6 Å². The van der Waals surface area contributed by atoms with Crippen LogP contribution in [0.1, 0.15) is 44.3 Å². The summed E-state index contributed by atoms with van der Waals surface area (Å²) in [6.07, 6.45) is 12.5. The van der Waals surface area contributed by atoms with E-state index in [0.29, 0.717) is 5.92 Å². The van der Waals surface area contributed by atoms with Crippen molar-refractivity contribution >= 4 is 11.6 Å². The lowest BCUT2D eigenvalue weighted by Crippen LogP contribution is -2.36. The summed E-state index contributed by atoms with van der Waals surface area (Å²) < 4.78 is 2.33. The van der Waals surface area contributed by atoms with Gasteiger partial charge in [-0.2, -0.15) is 0 Å². The Morgan fingerprint density at radius 2 is 2.17 bits per heavy atom. The van der Waals surface area contributed by atoms with Gasteiger partial charge in [0.1, 0.15) is 17.5 Å². The van der Waals surface area contributed by atoms with Gasteiger partial charge >= 0.3 is 0 Å². The van der Waals surface area contributed by atoms with Gasteiger partial charge < -0.3 is 14.4 Å². The smallest absolute Gasteiger partial charge is 0.149 e. The van der Waals surface area contributed by atoms with E-state index in [0.717, 1.165) is 31.3 Å². The molecule has 0 aromatic carbocycles. The van der Waals surface area contributed by atoms with Gasteiger partial charge in [0, 0.05) is 52.0 Å². The first-order chi connectivity index (χ1) is 11.7. The largest absolute Gasteiger partial charge is 0.361 e. The highest BCUT2D eigenvalue weighted by Crippen LogP contribution is 2.29. The van der Waals surface area contributed by atoms with Gasteiger partial charge in [-0.15, -0.1) is 0 Å². The minimum Gasteiger partial charge on any atom is -0.361 e. The summed E-state index contributed by atoms with van der Waals surface area (Å²) in [5.41, 5.74) is 0. The molecule has 1 atom stereocenters. The molecule has 3 heterocycles. The first-order valence-corrected chi connectivity index (χ1v) is 8.94. The highest BCUT2D eigenvalue weighted by atomic mass is 15.2. The zero-order chi connectivity index (χ0) is 16.9. The summed E-state index contributed by atoms with van der Waals surface area (Å²) >= 11 is 0. The summed E-state index contributed by atoms with van der Waals surface area (Å²) in [4.78, 5) is 18.1. The van der Waals surface area contributed by atoms with Gasteiger partial charge in [-0.05, 0) is 19.3 Å². The lowest BCUT2D eigenvalue weighted by molar-refractivity contribution is 0.464. The molecule has 0 spiro atoms. The van der Waals surface area contributed by atoms with Gasteiger partial charge in [0.2, 0.25) is 0 Å². The Kier molecular flexibility index (Phi) is 5.33. The van der Waals surface area contributed by atoms with E-state index in [1.165, 1.54) is 31.5 Å². The number of piperidine rings is 1. The van der Waals surface area contributed by atoms with Crippen LogP contribution in [0.25, 0.3) is 0 Å². The Balaban J connectivity index is 1.75. The highest BCUT2D eigenvalue weighted by molar-refractivity contribution is 5.45. The van der Waals surface area contributed by atoms with Crippen molar-refractivity contribution in [1.29, 1.82) is 0 Å². The van der Waals surface area contributed by atoms with E-state index in [9.17, 15) is 0 Å². The zero-order valence-electron chi connectivity index (χ0n) is 15.0. The molecule has 2 aromatic rings. The molecule has 1 saturated heterocycles. The summed E-state index contributed by atoms with van der Waals surface area (Å²) in [6, 6.07) is 0. The van der Waals surface area contributed by atoms with Gasteiger partial charge in [-0.3, -0.25) is 4.98 Å². The number of hydrogen-bond acceptors (Lipinski definition) is 5. The third-order valence-electron chi connectivity index (χ3n) is 4.68. The lowest BCUT2D eigenvalue weighted by Gasteiger charge is -2.33. The lowest BCUT2D eigenvalue weighted by atomic mass is 9.97. The maximum absolute atomic E-state index is 4.75. The predicted molar refractivity (Wildman–Crippen MR) is 97.7 cm³/mol. The van der Waals surface area contributed by atoms with Crippen LogP contribution in [0.4, 0.5) is 11.6 Å². The molecular formula is C18H28N6. The monoisotopic (exact) mass is 328 g/mol. The normalized spacial score (nSPS) is 18.0. The molecule has 0 aliphatic carbocycles. The quantitative estimate of drug-likeness (QED) is 0.816. The van der Waals surface area contributed by atoms with Crippen molar-refractivity contribution in [3.8, 4) is 0 Å². The zero-order valence-corrected chi connectivity index (χ0v) is 15.0. The molecule has 1 fully saturated rings. The number of hydrogen-bond donors (Lipinski definition) is 0. The van der Waals surface area contributed by atoms with Gasteiger partial charge in [0.15, 0.2) is 0 Å². The minimum absolute atomic E-state index is 0.468. The number of unbranched alkanes of at least 4 members (excludes halogenated alkanes) is 1. The van der Waals surface area contributed by atoms with Crippen LogP contribution in [0.5, 0.6) is 0 Å². The second-order valence-corrected chi connectivity index (χ2v) is 6.75. The van der Waals surface area contributed by atoms with E-state index < -0.39 is 0 Å². The van der Waals surface area contributed by atoms with Gasteiger partial charge in [-0.25, -0.2) is 9.97 Å². The predicted octanol–water partition coefficient (Wildman–Crippen LogP) is 2.92. The van der Waals surface area contributed by atoms with Crippen molar-refractivity contribution in [2.45, 2.75) is 45.1 Å². The molecular weight excluding hydrogens is 300 g/mol. The molecule has 0 bridgehead atoms. The molecule has 0 N–H and O–H groups in total. The van der Waals surface area contributed by atoms with E-state index in [1.54, 1.807) is 0 Å². The van der Waals surface area contributed by atoms with Crippen molar-refractivity contribution in [3.05, 3.63) is 30.6 Å². The number of aryl methyl sites for hydroxylation is 1. The first-order valence-electron chi connectivity index (χ1n) is 8.94. The Labute approximate surface area is 144 Å². The Hall–Kier alpha value is -2.11. The molecule has 24 heavy (non-hydrogen) atoms. The number of anilines is 2. The van der Waals surface area contributed by atoms with Gasteiger partial charge in [-0.1, -0.05) is 13.3 Å². The summed E-state index contributed by atoms with van der Waals surface area (Å²) in [5.74, 6) is 3.57. The molecule has 0 unspecified atom stereocenters. The van der Waals surface area contributed by atoms with Crippen LogP contribution in [-0.2, 0) is 6.54 Å². The van der Waals surface area contributed by atoms with Crippen molar-refractivity contribution in [2.75, 3.05) is 37.0 Å². The van der Waals surface area contributed by atoms with Crippen LogP contribution in [0.3, 0.4) is 0 Å². The molecule has 0 saturated carbocycles. The fourth-order valence-electron chi connectivity index (χ4n) is 3.31. The topological polar surface area (TPSA) is 50.1 Å². The molecule has 6 nitrogen and oxygen atoms in total. The van der Waals surface area contributed by atoms with Crippen LogP contribution in [-0.4, -0.2) is 46.7 Å². The summed E-state index contributed by atoms with van der Waals surface area (Å²) in [7, 11) is 3.99. The van der Waals surface area contributed by atoms with Crippen LogP contribution < -0.4 is 9.80 Å². The van der Waals surface area contributed by atoms with Gasteiger partial charge in [0.25, 0.3) is 0 Å². The van der Waals surface area contributed by atoms with E-state index >= 15 is 0 Å². The molecule has 0 amide bonds. The van der Waals surface area contributed by atoms with Crippen molar-refractivity contribution in [3.63, 3.8) is 0 Å². The number of imidazole rings is 1. The standard InChI is InChI=1S/C18H28N6/c1-4-5-9-23-11-8-20-18(23)15-7-6-10-24(14-15)17-13-19-12-16(21-17)22(2)3/h8,11-13,15H,4-7,9-10,14H2,1-3H3/t15-/m1/s1. The molecule has 3 rings (SSSR count).